The minimum absolute atomic E-state index is 0.00527. The second-order valence-electron chi connectivity index (χ2n) is 21.0. The lowest BCUT2D eigenvalue weighted by Crippen LogP contribution is -2.66. The number of aromatic nitrogens is 1. The van der Waals surface area contributed by atoms with Gasteiger partial charge in [-0.25, -0.2) is 0 Å². The van der Waals surface area contributed by atoms with E-state index in [1.165, 1.54) is 17.5 Å². The van der Waals surface area contributed by atoms with E-state index in [4.69, 9.17) is 20.1 Å². The molecule has 0 radical (unpaired) electrons. The number of aliphatic hydroxyl groups is 2. The van der Waals surface area contributed by atoms with Crippen molar-refractivity contribution in [1.82, 2.24) is 5.16 Å². The van der Waals surface area contributed by atoms with Crippen molar-refractivity contribution in [3.8, 4) is 12.3 Å². The van der Waals surface area contributed by atoms with Gasteiger partial charge >= 0.3 is 0 Å². The van der Waals surface area contributed by atoms with Gasteiger partial charge in [-0.15, -0.1) is 6.42 Å². The minimum atomic E-state index is -0.909. The summed E-state index contributed by atoms with van der Waals surface area (Å²) < 4.78 is 17.3. The van der Waals surface area contributed by atoms with Crippen molar-refractivity contribution in [2.24, 2.45) is 56.2 Å². The van der Waals surface area contributed by atoms with E-state index in [-0.39, 0.29) is 51.5 Å². The third kappa shape index (κ3) is 4.03. The van der Waals surface area contributed by atoms with Crippen LogP contribution in [0, 0.1) is 68.5 Å². The van der Waals surface area contributed by atoms with Gasteiger partial charge in [-0.2, -0.15) is 0 Å². The number of ether oxygens (including phenoxy) is 1. The molecule has 8 nitrogen and oxygen atoms in total. The van der Waals surface area contributed by atoms with Crippen LogP contribution >= 0.6 is 0 Å². The highest BCUT2D eigenvalue weighted by molar-refractivity contribution is 6.06. The highest BCUT2D eigenvalue weighted by Crippen LogP contribution is 2.81. The summed E-state index contributed by atoms with van der Waals surface area (Å²) in [6.45, 7) is 14.7. The predicted molar refractivity (Wildman–Crippen MR) is 210 cm³/mol. The predicted octanol–water partition coefficient (Wildman–Crippen LogP) is 9.11. The Bertz CT molecular complexity index is 2200. The Morgan fingerprint density at radius 3 is 2.45 bits per heavy atom. The van der Waals surface area contributed by atoms with Crippen molar-refractivity contribution in [3.63, 3.8) is 0 Å². The van der Waals surface area contributed by atoms with E-state index in [1.807, 2.05) is 45.4 Å². The Labute approximate surface area is 330 Å². The fourth-order valence-corrected chi connectivity index (χ4v) is 15.9. The molecular formula is C48H57NO7. The number of carbonyl (C=O) groups excluding carboxylic acids is 2. The van der Waals surface area contributed by atoms with E-state index in [2.05, 4.69) is 44.8 Å². The molecule has 0 amide bonds. The van der Waals surface area contributed by atoms with Gasteiger partial charge in [0.15, 0.2) is 17.3 Å². The molecule has 6 fully saturated rings. The summed E-state index contributed by atoms with van der Waals surface area (Å²) in [6.07, 6.45) is 27.1. The molecule has 2 aromatic heterocycles. The molecule has 8 heteroatoms. The van der Waals surface area contributed by atoms with Crippen LogP contribution in [0.2, 0.25) is 0 Å². The number of allylic oxidation sites excluding steroid dienone is 5. The third-order valence-electron chi connectivity index (χ3n) is 18.8. The Balaban J connectivity index is 0.000000140. The second kappa shape index (κ2) is 11.1. The molecule has 0 aromatic carbocycles. The molecule has 13 unspecified atom stereocenters. The van der Waals surface area contributed by atoms with Crippen LogP contribution in [0.5, 0.6) is 0 Å². The largest absolute Gasteiger partial charge is 0.504 e. The van der Waals surface area contributed by atoms with E-state index in [0.717, 1.165) is 63.5 Å². The normalized spacial score (nSPS) is 48.7. The number of hydrogen-bond acceptors (Lipinski definition) is 8. The van der Waals surface area contributed by atoms with Gasteiger partial charge in [0.05, 0.1) is 35.7 Å². The van der Waals surface area contributed by atoms with E-state index in [9.17, 15) is 19.8 Å². The number of rotatable bonds is 1. The molecule has 296 valence electrons. The number of Topliss-reactive ketones (excluding diaryl/α,β-unsaturated/α-hetero) is 1. The zero-order valence-corrected chi connectivity index (χ0v) is 34.0. The molecule has 1 spiro atoms. The number of epoxide rings is 1. The topological polar surface area (TPSA) is 126 Å². The van der Waals surface area contributed by atoms with Crippen LogP contribution in [0.3, 0.4) is 0 Å². The van der Waals surface area contributed by atoms with E-state index in [1.54, 1.807) is 17.9 Å². The lowest BCUT2D eigenvalue weighted by molar-refractivity contribution is -0.162. The van der Waals surface area contributed by atoms with Crippen molar-refractivity contribution in [3.05, 3.63) is 70.7 Å². The fourth-order valence-electron chi connectivity index (χ4n) is 15.9. The second-order valence-corrected chi connectivity index (χ2v) is 21.0. The van der Waals surface area contributed by atoms with Crippen LogP contribution in [-0.2, 0) is 20.7 Å². The highest BCUT2D eigenvalue weighted by atomic mass is 16.6. The first kappa shape index (κ1) is 36.7. The van der Waals surface area contributed by atoms with Gasteiger partial charge in [0.1, 0.15) is 11.2 Å². The van der Waals surface area contributed by atoms with Gasteiger partial charge in [-0.1, -0.05) is 50.4 Å². The van der Waals surface area contributed by atoms with Gasteiger partial charge in [0.2, 0.25) is 5.78 Å². The summed E-state index contributed by atoms with van der Waals surface area (Å²) in [5, 5.41) is 26.4. The molecule has 2 N–H and O–H groups in total. The average Bonchev–Trinajstić information content (AvgIpc) is 3.54. The van der Waals surface area contributed by atoms with Crippen molar-refractivity contribution in [2.45, 2.75) is 136 Å². The molecule has 9 aliphatic rings. The first-order valence-electron chi connectivity index (χ1n) is 21.1. The Hall–Kier alpha value is -3.67. The number of carbonyl (C=O) groups is 2. The first-order chi connectivity index (χ1) is 26.4. The van der Waals surface area contributed by atoms with Crippen LogP contribution in [0.15, 0.2) is 62.8 Å². The number of nitrogens with zero attached hydrogens (tertiary/aromatic N) is 1. The van der Waals surface area contributed by atoms with Crippen molar-refractivity contribution in [2.75, 3.05) is 0 Å². The number of furan rings is 1. The molecule has 2 aromatic rings. The molecule has 13 atom stereocenters. The number of terminal acetylenes is 1. The molecule has 56 heavy (non-hydrogen) atoms. The first-order valence-corrected chi connectivity index (χ1v) is 21.1. The van der Waals surface area contributed by atoms with Crippen molar-refractivity contribution in [1.29, 1.82) is 0 Å². The van der Waals surface area contributed by atoms with E-state index in [0.29, 0.717) is 23.3 Å². The maximum absolute atomic E-state index is 14.0. The summed E-state index contributed by atoms with van der Waals surface area (Å²) >= 11 is 0. The summed E-state index contributed by atoms with van der Waals surface area (Å²) in [7, 11) is 0. The van der Waals surface area contributed by atoms with E-state index >= 15 is 0 Å². The van der Waals surface area contributed by atoms with Crippen LogP contribution in [0.25, 0.3) is 6.08 Å². The molecule has 8 aliphatic carbocycles. The zero-order chi connectivity index (χ0) is 39.6. The van der Waals surface area contributed by atoms with Crippen LogP contribution in [0.4, 0.5) is 0 Å². The van der Waals surface area contributed by atoms with Crippen LogP contribution in [0.1, 0.15) is 129 Å². The Kier molecular flexibility index (Phi) is 7.25. The average molecular weight is 760 g/mol. The molecule has 1 aliphatic heterocycles. The maximum Gasteiger partial charge on any atom is 0.206 e. The molecule has 3 heterocycles. The van der Waals surface area contributed by atoms with Crippen molar-refractivity contribution < 1.29 is 33.5 Å². The molecule has 11 rings (SSSR count). The molecular weight excluding hydrogens is 703 g/mol. The highest BCUT2D eigenvalue weighted by Gasteiger charge is 2.87. The van der Waals surface area contributed by atoms with Gasteiger partial charge in [-0.3, -0.25) is 9.59 Å². The summed E-state index contributed by atoms with van der Waals surface area (Å²) in [5.41, 5.74) is 0.590. The standard InChI is InChI=1S/C26H30O5.C22H27NO2/c1-22(2)17(27)7-9-23(3)16-6-10-24(4)15(14-8-11-30-13-14)12-18-26(24,31-18)25(16,5)21(29)19(28)20(22)23;1-4-22(24)10-8-18-16-6-5-15-11-19-14(13-23-25-19)12-20(15,2)17(16)7-9-21(18,22)3/h7-9,11,13,15-16,18,28H,6,10,12H2,1-5H3;1,11,13,16-18,24H,5-10,12H2,2-3H3. The quantitative estimate of drug-likeness (QED) is 0.218. The van der Waals surface area contributed by atoms with Crippen LogP contribution < -0.4 is 0 Å². The SMILES string of the molecule is C#CC1(O)CCC2C3CCC4=Cc5oncc5CC4(C)C3CCC21C.CC1(C)C(=O)C=CC2(C)C1=C(O)C(=O)C1(C)C2CCC2(C)C(c3ccoc3)CC3OC321. The van der Waals surface area contributed by atoms with E-state index < -0.39 is 27.4 Å². The number of ketones is 2. The lowest BCUT2D eigenvalue weighted by Gasteiger charge is -2.62. The Morgan fingerprint density at radius 2 is 1.71 bits per heavy atom. The molecule has 0 bridgehead atoms. The smallest absolute Gasteiger partial charge is 0.206 e. The van der Waals surface area contributed by atoms with Gasteiger partial charge in [-0.05, 0) is 149 Å². The summed E-state index contributed by atoms with van der Waals surface area (Å²) in [5.74, 6) is 5.33. The fraction of sp³-hybridized carbons (Fsp3) is 0.646. The lowest BCUT2D eigenvalue weighted by atomic mass is 9.39. The maximum atomic E-state index is 14.0. The van der Waals surface area contributed by atoms with Gasteiger partial charge in [0.25, 0.3) is 0 Å². The number of aliphatic hydroxyl groups excluding tert-OH is 1. The summed E-state index contributed by atoms with van der Waals surface area (Å²) in [4.78, 5) is 26.7. The van der Waals surface area contributed by atoms with Crippen LogP contribution in [-0.4, -0.2) is 44.2 Å². The third-order valence-corrected chi connectivity index (χ3v) is 18.8. The Morgan fingerprint density at radius 1 is 0.964 bits per heavy atom. The molecule has 1 saturated heterocycles. The zero-order valence-electron chi connectivity index (χ0n) is 34.0. The number of hydrogen-bond donors (Lipinski definition) is 2. The molecule has 5 saturated carbocycles. The monoisotopic (exact) mass is 759 g/mol. The van der Waals surface area contributed by atoms with Gasteiger partial charge in [0, 0.05) is 21.8 Å². The number of fused-ring (bicyclic) bond motifs is 9. The summed E-state index contributed by atoms with van der Waals surface area (Å²) in [6, 6.07) is 2.03. The van der Waals surface area contributed by atoms with Crippen molar-refractivity contribution >= 4 is 17.6 Å². The minimum Gasteiger partial charge on any atom is -0.504 e. The van der Waals surface area contributed by atoms with Gasteiger partial charge < -0.3 is 23.9 Å².